The number of carbonyl (C=O) groups is 6. The Balaban J connectivity index is 1.30. The van der Waals surface area contributed by atoms with E-state index in [9.17, 15) is 33.9 Å². The number of aryl methyl sites for hydroxylation is 1. The van der Waals surface area contributed by atoms with Crippen molar-refractivity contribution in [1.29, 1.82) is 0 Å². The molecule has 1 aromatic carbocycles. The van der Waals surface area contributed by atoms with E-state index >= 15 is 0 Å². The van der Waals surface area contributed by atoms with Gasteiger partial charge in [0.05, 0.1) is 12.1 Å². The van der Waals surface area contributed by atoms with Gasteiger partial charge in [-0.05, 0) is 70.1 Å². The van der Waals surface area contributed by atoms with Gasteiger partial charge in [0.15, 0.2) is 6.61 Å². The molecular formula is C35H46N6O9. The molecule has 15 nitrogen and oxygen atoms in total. The van der Waals surface area contributed by atoms with E-state index in [-0.39, 0.29) is 81.5 Å². The third-order valence-corrected chi connectivity index (χ3v) is 9.71. The highest BCUT2D eigenvalue weighted by atomic mass is 16.6. The normalized spacial score (nSPS) is 18.3. The second kappa shape index (κ2) is 16.2. The lowest BCUT2D eigenvalue weighted by Gasteiger charge is -2.37. The SMILES string of the molecule is CCOC(=O)N1CCN(C(=O)[C@H](CCC(=O)O)NC(=O)c2cc(OCC(=O)N3CCC[C@H]3C(=O)N(C)C3CCC3)c3ccc(C)cc3n2)CC1. The van der Waals surface area contributed by atoms with Crippen molar-refractivity contribution in [3.8, 4) is 5.75 Å². The molecule has 0 unspecified atom stereocenters. The molecule has 5 rings (SSSR count). The summed E-state index contributed by atoms with van der Waals surface area (Å²) in [5, 5.41) is 12.6. The van der Waals surface area contributed by atoms with Crippen molar-refractivity contribution in [2.45, 2.75) is 76.9 Å². The molecule has 5 amide bonds. The van der Waals surface area contributed by atoms with Gasteiger partial charge in [0.25, 0.3) is 11.8 Å². The quantitative estimate of drug-likeness (QED) is 0.335. The molecular weight excluding hydrogens is 648 g/mol. The number of amides is 5. The standard InChI is InChI=1S/C35H46N6O9/c1-4-49-35(48)40-17-15-39(16-18-40)33(46)25(12-13-31(43)44)37-32(45)27-20-29(24-11-10-22(2)19-26(24)36-27)50-21-30(42)41-14-6-9-28(41)34(47)38(3)23-7-5-8-23/h10-11,19-20,23,25,28H,4-9,12-18,21H2,1-3H3,(H,37,45)(H,43,44)/t25-,28-/m0/s1. The van der Waals surface area contributed by atoms with Crippen molar-refractivity contribution in [2.24, 2.45) is 0 Å². The molecule has 1 aliphatic carbocycles. The number of aromatic nitrogens is 1. The van der Waals surface area contributed by atoms with E-state index in [2.05, 4.69) is 10.3 Å². The number of rotatable bonds is 12. The highest BCUT2D eigenvalue weighted by molar-refractivity contribution is 5.99. The smallest absolute Gasteiger partial charge is 0.409 e. The predicted octanol–water partition coefficient (Wildman–Crippen LogP) is 2.19. The number of nitrogens with one attached hydrogen (secondary N) is 1. The molecule has 2 N–H and O–H groups in total. The van der Waals surface area contributed by atoms with E-state index in [1.807, 2.05) is 13.0 Å². The van der Waals surface area contributed by atoms with Gasteiger partial charge in [-0.2, -0.15) is 0 Å². The number of aliphatic carboxylic acids is 1. The lowest BCUT2D eigenvalue weighted by molar-refractivity contribution is -0.146. The molecule has 1 saturated carbocycles. The summed E-state index contributed by atoms with van der Waals surface area (Å²) in [6, 6.07) is 5.31. The number of piperazine rings is 1. The maximum atomic E-state index is 13.7. The number of likely N-dealkylation sites (N-methyl/N-ethyl adjacent to an activating group) is 1. The fourth-order valence-corrected chi connectivity index (χ4v) is 6.58. The van der Waals surface area contributed by atoms with Gasteiger partial charge < -0.3 is 39.5 Å². The summed E-state index contributed by atoms with van der Waals surface area (Å²) in [6.07, 6.45) is 3.34. The van der Waals surface area contributed by atoms with Crippen molar-refractivity contribution in [3.63, 3.8) is 0 Å². The van der Waals surface area contributed by atoms with Crippen LogP contribution in [-0.4, -0.2) is 136 Å². The van der Waals surface area contributed by atoms with E-state index in [4.69, 9.17) is 9.47 Å². The molecule has 2 aromatic rings. The van der Waals surface area contributed by atoms with Crippen LogP contribution in [0.3, 0.4) is 0 Å². The van der Waals surface area contributed by atoms with Crippen LogP contribution in [-0.2, 0) is 23.9 Å². The summed E-state index contributed by atoms with van der Waals surface area (Å²) in [5.74, 6) is -2.49. The maximum Gasteiger partial charge on any atom is 0.409 e. The van der Waals surface area contributed by atoms with Gasteiger partial charge in [-0.25, -0.2) is 9.78 Å². The zero-order chi connectivity index (χ0) is 35.9. The summed E-state index contributed by atoms with van der Waals surface area (Å²) in [5.41, 5.74) is 1.22. The van der Waals surface area contributed by atoms with Crippen LogP contribution in [0.4, 0.5) is 4.79 Å². The molecule has 3 heterocycles. The average Bonchev–Trinajstić information content (AvgIpc) is 3.57. The van der Waals surface area contributed by atoms with E-state index in [0.717, 1.165) is 24.8 Å². The van der Waals surface area contributed by atoms with Crippen LogP contribution >= 0.6 is 0 Å². The van der Waals surface area contributed by atoms with Crippen LogP contribution < -0.4 is 10.1 Å². The molecule has 2 atom stereocenters. The zero-order valence-corrected chi connectivity index (χ0v) is 28.9. The Bertz CT molecular complexity index is 1620. The van der Waals surface area contributed by atoms with Gasteiger partial charge in [-0.15, -0.1) is 0 Å². The van der Waals surface area contributed by atoms with Crippen molar-refractivity contribution < 1.29 is 43.3 Å². The first-order chi connectivity index (χ1) is 24.0. The number of carboxylic acid groups (broad SMARTS) is 1. The fraction of sp³-hybridized carbons (Fsp3) is 0.571. The summed E-state index contributed by atoms with van der Waals surface area (Å²) in [6.45, 7) is 4.74. The summed E-state index contributed by atoms with van der Waals surface area (Å²) in [4.78, 5) is 88.3. The number of ether oxygens (including phenoxy) is 2. The molecule has 0 radical (unpaired) electrons. The second-order valence-corrected chi connectivity index (χ2v) is 13.1. The minimum Gasteiger partial charge on any atom is -0.483 e. The Morgan fingerprint density at radius 2 is 1.72 bits per heavy atom. The van der Waals surface area contributed by atoms with Gasteiger partial charge >= 0.3 is 12.1 Å². The van der Waals surface area contributed by atoms with Crippen LogP contribution in [0.2, 0.25) is 0 Å². The van der Waals surface area contributed by atoms with Crippen molar-refractivity contribution in [1.82, 2.24) is 29.9 Å². The minimum absolute atomic E-state index is 0.0581. The number of carboxylic acids is 1. The van der Waals surface area contributed by atoms with Crippen LogP contribution in [0.25, 0.3) is 10.9 Å². The molecule has 50 heavy (non-hydrogen) atoms. The first-order valence-corrected chi connectivity index (χ1v) is 17.3. The van der Waals surface area contributed by atoms with Crippen LogP contribution in [0.1, 0.15) is 67.9 Å². The van der Waals surface area contributed by atoms with E-state index in [1.165, 1.54) is 15.9 Å². The van der Waals surface area contributed by atoms with Gasteiger partial charge in [0, 0.05) is 63.7 Å². The molecule has 2 saturated heterocycles. The number of carbonyl (C=O) groups excluding carboxylic acids is 5. The Morgan fingerprint density at radius 3 is 2.38 bits per heavy atom. The number of fused-ring (bicyclic) bond motifs is 1. The summed E-state index contributed by atoms with van der Waals surface area (Å²) in [7, 11) is 1.80. The lowest BCUT2D eigenvalue weighted by Crippen LogP contribution is -2.56. The van der Waals surface area contributed by atoms with Gasteiger partial charge in [-0.3, -0.25) is 24.0 Å². The second-order valence-electron chi connectivity index (χ2n) is 13.1. The average molecular weight is 695 g/mol. The molecule has 1 aromatic heterocycles. The number of benzene rings is 1. The third-order valence-electron chi connectivity index (χ3n) is 9.71. The van der Waals surface area contributed by atoms with Crippen LogP contribution in [0.5, 0.6) is 5.75 Å². The molecule has 270 valence electrons. The molecule has 0 spiro atoms. The highest BCUT2D eigenvalue weighted by Gasteiger charge is 2.38. The number of likely N-dealkylation sites (tertiary alicyclic amines) is 1. The van der Waals surface area contributed by atoms with Crippen molar-refractivity contribution in [2.75, 3.05) is 53.0 Å². The first-order valence-electron chi connectivity index (χ1n) is 17.3. The highest BCUT2D eigenvalue weighted by Crippen LogP contribution is 2.29. The maximum absolute atomic E-state index is 13.7. The summed E-state index contributed by atoms with van der Waals surface area (Å²) >= 11 is 0. The van der Waals surface area contributed by atoms with Gasteiger partial charge in [0.2, 0.25) is 11.8 Å². The minimum atomic E-state index is -1.17. The van der Waals surface area contributed by atoms with E-state index < -0.39 is 36.0 Å². The molecule has 15 heteroatoms. The third kappa shape index (κ3) is 8.43. The van der Waals surface area contributed by atoms with Crippen LogP contribution in [0, 0.1) is 6.92 Å². The largest absolute Gasteiger partial charge is 0.483 e. The Hall–Kier alpha value is -4.95. The lowest BCUT2D eigenvalue weighted by atomic mass is 9.91. The predicted molar refractivity (Wildman–Crippen MR) is 180 cm³/mol. The number of hydrogen-bond donors (Lipinski definition) is 2. The van der Waals surface area contributed by atoms with Gasteiger partial charge in [0.1, 0.15) is 23.5 Å². The monoisotopic (exact) mass is 694 g/mol. The number of pyridine rings is 1. The molecule has 3 aliphatic rings. The topological polar surface area (TPSA) is 179 Å². The molecule has 3 fully saturated rings. The number of hydrogen-bond acceptors (Lipinski definition) is 9. The van der Waals surface area contributed by atoms with Crippen molar-refractivity contribution in [3.05, 3.63) is 35.5 Å². The van der Waals surface area contributed by atoms with Gasteiger partial charge in [-0.1, -0.05) is 6.07 Å². The van der Waals surface area contributed by atoms with Crippen LogP contribution in [0.15, 0.2) is 24.3 Å². The molecule has 0 bridgehead atoms. The Labute approximate surface area is 290 Å². The van der Waals surface area contributed by atoms with E-state index in [0.29, 0.717) is 30.3 Å². The van der Waals surface area contributed by atoms with Crippen molar-refractivity contribution >= 4 is 46.6 Å². The fourth-order valence-electron chi connectivity index (χ4n) is 6.58. The Kier molecular flexibility index (Phi) is 11.8. The van der Waals surface area contributed by atoms with E-state index in [1.54, 1.807) is 35.9 Å². The molecule has 2 aliphatic heterocycles. The zero-order valence-electron chi connectivity index (χ0n) is 28.9. The Morgan fingerprint density at radius 1 is 1.00 bits per heavy atom. The number of nitrogens with zero attached hydrogens (tertiary/aromatic N) is 5. The summed E-state index contributed by atoms with van der Waals surface area (Å²) < 4.78 is 11.1. The first kappa shape index (κ1) is 36.3.